The van der Waals surface area contributed by atoms with Crippen LogP contribution in [0.1, 0.15) is 35.6 Å². The molecule has 1 aliphatic heterocycles. The Bertz CT molecular complexity index is 735. The van der Waals surface area contributed by atoms with Gasteiger partial charge in [0.2, 0.25) is 0 Å². The molecule has 2 aromatic rings. The standard InChI is InChI=1S/C22H26N2O/c1-3-8-17-12-13-21(25-2)20(15-17)16-19-11-7-14-24(23)22(19)18-9-5-4-6-10-18/h1,4-6,9-10,12-13,15,19,22H,7-8,11,14,16,23H2,2H3/t19-,22+/m0/s1. The van der Waals surface area contributed by atoms with Gasteiger partial charge in [-0.15, -0.1) is 12.3 Å². The first kappa shape index (κ1) is 17.5. The smallest absolute Gasteiger partial charge is 0.122 e. The van der Waals surface area contributed by atoms with Gasteiger partial charge < -0.3 is 4.74 Å². The average molecular weight is 334 g/mol. The minimum Gasteiger partial charge on any atom is -0.496 e. The minimum absolute atomic E-state index is 0.232. The van der Waals surface area contributed by atoms with Gasteiger partial charge in [0.05, 0.1) is 13.2 Å². The van der Waals surface area contributed by atoms with Crippen molar-refractivity contribution in [3.8, 4) is 18.1 Å². The largest absolute Gasteiger partial charge is 0.496 e. The molecule has 2 atom stereocenters. The Morgan fingerprint density at radius 3 is 2.76 bits per heavy atom. The van der Waals surface area contributed by atoms with Gasteiger partial charge in [0.1, 0.15) is 5.75 Å². The third-order valence-corrected chi connectivity index (χ3v) is 5.07. The number of terminal acetylenes is 1. The summed E-state index contributed by atoms with van der Waals surface area (Å²) in [5.41, 5.74) is 3.67. The molecule has 130 valence electrons. The predicted molar refractivity (Wildman–Crippen MR) is 102 cm³/mol. The van der Waals surface area contributed by atoms with E-state index in [1.54, 1.807) is 7.11 Å². The first-order valence-electron chi connectivity index (χ1n) is 8.88. The second-order valence-corrected chi connectivity index (χ2v) is 6.73. The molecule has 0 unspecified atom stereocenters. The minimum atomic E-state index is 0.232. The molecule has 1 heterocycles. The molecule has 25 heavy (non-hydrogen) atoms. The Hall–Kier alpha value is -2.28. The van der Waals surface area contributed by atoms with E-state index in [4.69, 9.17) is 17.0 Å². The van der Waals surface area contributed by atoms with Gasteiger partial charge in [-0.05, 0) is 47.9 Å². The molecule has 3 heteroatoms. The molecule has 2 N–H and O–H groups in total. The molecule has 3 nitrogen and oxygen atoms in total. The van der Waals surface area contributed by atoms with Gasteiger partial charge in [-0.1, -0.05) is 42.5 Å². The van der Waals surface area contributed by atoms with E-state index in [0.717, 1.165) is 37.1 Å². The lowest BCUT2D eigenvalue weighted by molar-refractivity contribution is 0.0923. The third-order valence-electron chi connectivity index (χ3n) is 5.07. The summed E-state index contributed by atoms with van der Waals surface area (Å²) in [6, 6.07) is 17.1. The highest BCUT2D eigenvalue weighted by atomic mass is 16.5. The van der Waals surface area contributed by atoms with Gasteiger partial charge in [-0.3, -0.25) is 5.84 Å². The maximum absolute atomic E-state index is 6.38. The van der Waals surface area contributed by atoms with E-state index < -0.39 is 0 Å². The van der Waals surface area contributed by atoms with Crippen LogP contribution in [-0.2, 0) is 12.8 Å². The quantitative estimate of drug-likeness (QED) is 0.669. The molecular weight excluding hydrogens is 308 g/mol. The van der Waals surface area contributed by atoms with Crippen LogP contribution in [0.25, 0.3) is 0 Å². The summed E-state index contributed by atoms with van der Waals surface area (Å²) in [6.45, 7) is 0.935. The van der Waals surface area contributed by atoms with Crippen molar-refractivity contribution >= 4 is 0 Å². The van der Waals surface area contributed by atoms with Crippen molar-refractivity contribution < 1.29 is 4.74 Å². The molecule has 1 saturated heterocycles. The normalized spacial score (nSPS) is 20.8. The van der Waals surface area contributed by atoms with Crippen LogP contribution in [0.3, 0.4) is 0 Å². The lowest BCUT2D eigenvalue weighted by Gasteiger charge is -2.39. The molecule has 2 aromatic carbocycles. The number of hydrazine groups is 1. The lowest BCUT2D eigenvalue weighted by atomic mass is 9.81. The summed E-state index contributed by atoms with van der Waals surface area (Å²) in [5, 5.41) is 2.00. The van der Waals surface area contributed by atoms with Crippen LogP contribution >= 0.6 is 0 Å². The maximum atomic E-state index is 6.38. The predicted octanol–water partition coefficient (Wildman–Crippen LogP) is 3.74. The van der Waals surface area contributed by atoms with E-state index in [1.165, 1.54) is 11.1 Å². The highest BCUT2D eigenvalue weighted by Crippen LogP contribution is 2.37. The molecule has 0 bridgehead atoms. The number of nitrogens with two attached hydrogens (primary N) is 1. The molecule has 0 aliphatic carbocycles. The monoisotopic (exact) mass is 334 g/mol. The van der Waals surface area contributed by atoms with Crippen molar-refractivity contribution in [3.63, 3.8) is 0 Å². The maximum Gasteiger partial charge on any atom is 0.122 e. The van der Waals surface area contributed by atoms with Crippen molar-refractivity contribution in [1.82, 2.24) is 5.01 Å². The van der Waals surface area contributed by atoms with E-state index in [-0.39, 0.29) is 6.04 Å². The third kappa shape index (κ3) is 4.04. The topological polar surface area (TPSA) is 38.5 Å². The van der Waals surface area contributed by atoms with Crippen LogP contribution in [-0.4, -0.2) is 18.7 Å². The number of piperidine rings is 1. The fourth-order valence-corrected chi connectivity index (χ4v) is 3.93. The molecule has 0 radical (unpaired) electrons. The average Bonchev–Trinajstić information content (AvgIpc) is 2.63. The molecule has 1 fully saturated rings. The van der Waals surface area contributed by atoms with Crippen LogP contribution in [0.15, 0.2) is 48.5 Å². The summed E-state index contributed by atoms with van der Waals surface area (Å²) < 4.78 is 5.59. The van der Waals surface area contributed by atoms with Crippen LogP contribution in [0.2, 0.25) is 0 Å². The molecule has 0 aromatic heterocycles. The van der Waals surface area contributed by atoms with Gasteiger partial charge in [0.15, 0.2) is 0 Å². The zero-order valence-electron chi connectivity index (χ0n) is 14.8. The van der Waals surface area contributed by atoms with E-state index >= 15 is 0 Å². The first-order valence-corrected chi connectivity index (χ1v) is 8.88. The fraction of sp³-hybridized carbons (Fsp3) is 0.364. The summed E-state index contributed by atoms with van der Waals surface area (Å²) in [6.07, 6.45) is 9.35. The van der Waals surface area contributed by atoms with Gasteiger partial charge in [0, 0.05) is 13.0 Å². The number of rotatable bonds is 5. The Balaban J connectivity index is 1.89. The highest BCUT2D eigenvalue weighted by Gasteiger charge is 2.31. The van der Waals surface area contributed by atoms with Gasteiger partial charge >= 0.3 is 0 Å². The van der Waals surface area contributed by atoms with Crippen LogP contribution < -0.4 is 10.6 Å². The van der Waals surface area contributed by atoms with E-state index in [0.29, 0.717) is 12.3 Å². The van der Waals surface area contributed by atoms with Crippen LogP contribution in [0, 0.1) is 18.3 Å². The van der Waals surface area contributed by atoms with E-state index in [9.17, 15) is 0 Å². The number of methoxy groups -OCH3 is 1. The second kappa shape index (κ2) is 8.20. The summed E-state index contributed by atoms with van der Waals surface area (Å²) >= 11 is 0. The fourth-order valence-electron chi connectivity index (χ4n) is 3.93. The van der Waals surface area contributed by atoms with Gasteiger partial charge in [0.25, 0.3) is 0 Å². The Labute approximate surface area is 150 Å². The Kier molecular flexibility index (Phi) is 5.75. The van der Waals surface area contributed by atoms with E-state index in [1.807, 2.05) is 17.1 Å². The van der Waals surface area contributed by atoms with Crippen molar-refractivity contribution in [2.45, 2.75) is 31.7 Å². The zero-order chi connectivity index (χ0) is 17.6. The van der Waals surface area contributed by atoms with Crippen molar-refractivity contribution in [2.75, 3.05) is 13.7 Å². The van der Waals surface area contributed by atoms with Gasteiger partial charge in [-0.25, -0.2) is 5.01 Å². The Morgan fingerprint density at radius 1 is 1.24 bits per heavy atom. The SMILES string of the molecule is C#CCc1ccc(OC)c(C[C@@H]2CCCN(N)[C@@H]2c2ccccc2)c1. The van der Waals surface area contributed by atoms with Crippen molar-refractivity contribution in [1.29, 1.82) is 0 Å². The lowest BCUT2D eigenvalue weighted by Crippen LogP contribution is -2.44. The van der Waals surface area contributed by atoms with Crippen LogP contribution in [0.5, 0.6) is 5.75 Å². The van der Waals surface area contributed by atoms with Gasteiger partial charge in [-0.2, -0.15) is 0 Å². The number of hydrogen-bond donors (Lipinski definition) is 1. The zero-order valence-corrected chi connectivity index (χ0v) is 14.8. The number of benzene rings is 2. The summed E-state index contributed by atoms with van der Waals surface area (Å²) in [4.78, 5) is 0. The van der Waals surface area contributed by atoms with Crippen molar-refractivity contribution in [2.24, 2.45) is 11.8 Å². The number of nitrogens with zero attached hydrogens (tertiary/aromatic N) is 1. The molecule has 0 saturated carbocycles. The van der Waals surface area contributed by atoms with Crippen LogP contribution in [0.4, 0.5) is 0 Å². The molecule has 0 amide bonds. The Morgan fingerprint density at radius 2 is 2.04 bits per heavy atom. The van der Waals surface area contributed by atoms with E-state index in [2.05, 4.69) is 42.3 Å². The number of ether oxygens (including phenoxy) is 1. The second-order valence-electron chi connectivity index (χ2n) is 6.73. The number of hydrogen-bond acceptors (Lipinski definition) is 3. The molecule has 1 aliphatic rings. The molecular formula is C22H26N2O. The molecule has 0 spiro atoms. The summed E-state index contributed by atoms with van der Waals surface area (Å²) in [5.74, 6) is 10.5. The van der Waals surface area contributed by atoms with Crippen molar-refractivity contribution in [3.05, 3.63) is 65.2 Å². The first-order chi connectivity index (χ1) is 12.2. The molecule has 3 rings (SSSR count). The summed E-state index contributed by atoms with van der Waals surface area (Å²) in [7, 11) is 1.73. The highest BCUT2D eigenvalue weighted by molar-refractivity contribution is 5.39.